The average Bonchev–Trinajstić information content (AvgIpc) is 2.54. The summed E-state index contributed by atoms with van der Waals surface area (Å²) in [5.74, 6) is 0.420. The number of hydrogen-bond donors (Lipinski definition) is 2. The first-order valence-electron chi connectivity index (χ1n) is 7.11. The minimum atomic E-state index is -0.188. The normalized spacial score (nSPS) is 10.4. The molecule has 1 aromatic carbocycles. The van der Waals surface area contributed by atoms with Crippen molar-refractivity contribution in [3.63, 3.8) is 0 Å². The lowest BCUT2D eigenvalue weighted by Crippen LogP contribution is -2.20. The van der Waals surface area contributed by atoms with Crippen LogP contribution in [0.3, 0.4) is 0 Å². The number of amides is 1. The third-order valence-corrected chi connectivity index (χ3v) is 3.96. The molecule has 6 nitrogen and oxygen atoms in total. The summed E-state index contributed by atoms with van der Waals surface area (Å²) in [7, 11) is 1.55. The molecule has 0 atom stereocenters. The van der Waals surface area contributed by atoms with E-state index in [1.807, 2.05) is 18.4 Å². The number of ether oxygens (including phenoxy) is 1. The lowest BCUT2D eigenvalue weighted by molar-refractivity contribution is -0.116. The Morgan fingerprint density at radius 3 is 2.78 bits per heavy atom. The number of hydrogen-bond acceptors (Lipinski definition) is 5. The lowest BCUT2D eigenvalue weighted by atomic mass is 10.1. The van der Waals surface area contributed by atoms with Crippen LogP contribution in [-0.4, -0.2) is 29.2 Å². The van der Waals surface area contributed by atoms with E-state index < -0.39 is 0 Å². The summed E-state index contributed by atoms with van der Waals surface area (Å²) in [5.41, 5.74) is 1.62. The topological polar surface area (TPSA) is 84.1 Å². The predicted molar refractivity (Wildman–Crippen MR) is 91.3 cm³/mol. The van der Waals surface area contributed by atoms with E-state index in [0.29, 0.717) is 34.3 Å². The highest BCUT2D eigenvalue weighted by atomic mass is 32.2. The smallest absolute Gasteiger partial charge is 0.254 e. The number of benzene rings is 1. The number of carbonyl (C=O) groups excluding carboxylic acids is 1. The van der Waals surface area contributed by atoms with Crippen molar-refractivity contribution in [3.8, 4) is 5.75 Å². The minimum Gasteiger partial charge on any atom is -0.495 e. The molecule has 1 heterocycles. The Hall–Kier alpha value is -2.28. The van der Waals surface area contributed by atoms with E-state index in [-0.39, 0.29) is 17.9 Å². The summed E-state index contributed by atoms with van der Waals surface area (Å²) >= 11 is 1.38. The number of nitrogens with zero attached hydrogens (tertiary/aromatic N) is 1. The van der Waals surface area contributed by atoms with E-state index in [4.69, 9.17) is 4.74 Å². The Morgan fingerprint density at radius 1 is 1.39 bits per heavy atom. The Balaban J connectivity index is 2.04. The van der Waals surface area contributed by atoms with Gasteiger partial charge in [0, 0.05) is 17.7 Å². The molecule has 0 spiro atoms. The summed E-state index contributed by atoms with van der Waals surface area (Å²) in [6.07, 6.45) is 2.38. The number of rotatable bonds is 6. The second-order valence-corrected chi connectivity index (χ2v) is 5.68. The lowest BCUT2D eigenvalue weighted by Gasteiger charge is -2.10. The van der Waals surface area contributed by atoms with Gasteiger partial charge in [-0.25, -0.2) is 4.98 Å². The van der Waals surface area contributed by atoms with Gasteiger partial charge >= 0.3 is 0 Å². The molecule has 2 rings (SSSR count). The maximum atomic E-state index is 12.1. The number of anilines is 1. The van der Waals surface area contributed by atoms with Crippen molar-refractivity contribution in [2.45, 2.75) is 24.9 Å². The number of H-pyrrole nitrogens is 1. The van der Waals surface area contributed by atoms with Gasteiger partial charge in [-0.15, -0.1) is 0 Å². The zero-order valence-corrected chi connectivity index (χ0v) is 14.1. The summed E-state index contributed by atoms with van der Waals surface area (Å²) in [6, 6.07) is 7.19. The van der Waals surface area contributed by atoms with Crippen LogP contribution in [0.1, 0.15) is 17.7 Å². The molecule has 7 heteroatoms. The van der Waals surface area contributed by atoms with E-state index in [1.165, 1.54) is 11.8 Å². The van der Waals surface area contributed by atoms with Gasteiger partial charge in [0.1, 0.15) is 5.75 Å². The Bertz CT molecular complexity index is 758. The van der Waals surface area contributed by atoms with Crippen LogP contribution in [0.25, 0.3) is 0 Å². The van der Waals surface area contributed by atoms with E-state index in [1.54, 1.807) is 26.2 Å². The van der Waals surface area contributed by atoms with Crippen molar-refractivity contribution in [2.24, 2.45) is 0 Å². The second kappa shape index (κ2) is 7.82. The monoisotopic (exact) mass is 333 g/mol. The number of thioether (sulfide) groups is 1. The zero-order chi connectivity index (χ0) is 16.8. The molecule has 0 fully saturated rings. The van der Waals surface area contributed by atoms with Crippen LogP contribution in [0.15, 0.2) is 34.2 Å². The highest BCUT2D eigenvalue weighted by Gasteiger charge is 2.12. The first-order chi connectivity index (χ1) is 11.0. The van der Waals surface area contributed by atoms with Crippen LogP contribution >= 0.6 is 11.8 Å². The van der Waals surface area contributed by atoms with Crippen LogP contribution in [0.5, 0.6) is 5.75 Å². The van der Waals surface area contributed by atoms with Gasteiger partial charge in [0.05, 0.1) is 12.8 Å². The molecular weight excluding hydrogens is 314 g/mol. The SMILES string of the molecule is COc1ccccc1NC(=O)CCc1c(C)nc(SC)[nH]c1=O. The van der Waals surface area contributed by atoms with Crippen LogP contribution in [0.4, 0.5) is 5.69 Å². The molecule has 0 aliphatic carbocycles. The van der Waals surface area contributed by atoms with Gasteiger partial charge in [-0.3, -0.25) is 9.59 Å². The molecule has 2 aromatic rings. The molecule has 0 saturated carbocycles. The van der Waals surface area contributed by atoms with Gasteiger partial charge in [0.2, 0.25) is 5.91 Å². The standard InChI is InChI=1S/C16H19N3O3S/c1-10-11(15(21)19-16(17-10)23-3)8-9-14(20)18-12-6-4-5-7-13(12)22-2/h4-7H,8-9H2,1-3H3,(H,18,20)(H,17,19,21). The second-order valence-electron chi connectivity index (χ2n) is 4.89. The maximum absolute atomic E-state index is 12.1. The number of nitrogens with one attached hydrogen (secondary N) is 2. The van der Waals surface area contributed by atoms with Crippen molar-refractivity contribution < 1.29 is 9.53 Å². The summed E-state index contributed by atoms with van der Waals surface area (Å²) < 4.78 is 5.19. The fourth-order valence-corrected chi connectivity index (χ4v) is 2.60. The van der Waals surface area contributed by atoms with Gasteiger partial charge in [-0.2, -0.15) is 0 Å². The maximum Gasteiger partial charge on any atom is 0.254 e. The quantitative estimate of drug-likeness (QED) is 0.626. The average molecular weight is 333 g/mol. The first-order valence-corrected chi connectivity index (χ1v) is 8.34. The van der Waals surface area contributed by atoms with Crippen LogP contribution in [0, 0.1) is 6.92 Å². The third-order valence-electron chi connectivity index (χ3n) is 3.38. The van der Waals surface area contributed by atoms with Crippen LogP contribution < -0.4 is 15.6 Å². The number of para-hydroxylation sites is 2. The summed E-state index contributed by atoms with van der Waals surface area (Å²) in [6.45, 7) is 1.78. The first kappa shape index (κ1) is 17.1. The molecule has 0 radical (unpaired) electrons. The van der Waals surface area contributed by atoms with Crippen molar-refractivity contribution in [3.05, 3.63) is 45.9 Å². The Morgan fingerprint density at radius 2 is 2.13 bits per heavy atom. The van der Waals surface area contributed by atoms with E-state index in [9.17, 15) is 9.59 Å². The fourth-order valence-electron chi connectivity index (χ4n) is 2.17. The predicted octanol–water partition coefficient (Wildman–Crippen LogP) is 2.38. The van der Waals surface area contributed by atoms with E-state index >= 15 is 0 Å². The molecule has 0 unspecified atom stereocenters. The van der Waals surface area contributed by atoms with Crippen molar-refractivity contribution in [1.82, 2.24) is 9.97 Å². The molecule has 1 amide bonds. The zero-order valence-electron chi connectivity index (χ0n) is 13.3. The van der Waals surface area contributed by atoms with Crippen molar-refractivity contribution in [2.75, 3.05) is 18.7 Å². The molecular formula is C16H19N3O3S. The Labute approximate surface area is 138 Å². The minimum absolute atomic E-state index is 0.178. The number of methoxy groups -OCH3 is 1. The van der Waals surface area contributed by atoms with Crippen LogP contribution in [0.2, 0.25) is 0 Å². The summed E-state index contributed by atoms with van der Waals surface area (Å²) in [5, 5.41) is 3.37. The largest absolute Gasteiger partial charge is 0.495 e. The van der Waals surface area contributed by atoms with E-state index in [2.05, 4.69) is 15.3 Å². The van der Waals surface area contributed by atoms with Gasteiger partial charge in [0.15, 0.2) is 5.16 Å². The van der Waals surface area contributed by atoms with Crippen molar-refractivity contribution >= 4 is 23.4 Å². The van der Waals surface area contributed by atoms with Crippen molar-refractivity contribution in [1.29, 1.82) is 0 Å². The number of aryl methyl sites for hydroxylation is 1. The molecule has 2 N–H and O–H groups in total. The molecule has 0 saturated heterocycles. The fraction of sp³-hybridized carbons (Fsp3) is 0.312. The van der Waals surface area contributed by atoms with Gasteiger partial charge in [-0.05, 0) is 31.7 Å². The molecule has 23 heavy (non-hydrogen) atoms. The molecule has 0 aliphatic rings. The molecule has 1 aromatic heterocycles. The highest BCUT2D eigenvalue weighted by molar-refractivity contribution is 7.98. The molecule has 122 valence electrons. The highest BCUT2D eigenvalue weighted by Crippen LogP contribution is 2.23. The van der Waals surface area contributed by atoms with Crippen LogP contribution in [-0.2, 0) is 11.2 Å². The third kappa shape index (κ3) is 4.35. The van der Waals surface area contributed by atoms with Gasteiger partial charge < -0.3 is 15.0 Å². The molecule has 0 aliphatic heterocycles. The number of aromatic amines is 1. The summed E-state index contributed by atoms with van der Waals surface area (Å²) in [4.78, 5) is 31.1. The Kier molecular flexibility index (Phi) is 5.81. The van der Waals surface area contributed by atoms with Gasteiger partial charge in [0.25, 0.3) is 5.56 Å². The van der Waals surface area contributed by atoms with Gasteiger partial charge in [-0.1, -0.05) is 23.9 Å². The van der Waals surface area contributed by atoms with E-state index in [0.717, 1.165) is 0 Å². The molecule has 0 bridgehead atoms. The number of aromatic nitrogens is 2. The number of carbonyl (C=O) groups is 1.